The molecule has 2 bridgehead atoms. The molecule has 2 aliphatic carbocycles. The Morgan fingerprint density at radius 1 is 1.33 bits per heavy atom. The number of nitrogens with zero attached hydrogens (tertiary/aromatic N) is 3. The third-order valence-corrected chi connectivity index (χ3v) is 7.33. The van der Waals surface area contributed by atoms with Gasteiger partial charge in [0.2, 0.25) is 0 Å². The van der Waals surface area contributed by atoms with E-state index in [2.05, 4.69) is 14.8 Å². The monoisotopic (exact) mass is 484 g/mol. The summed E-state index contributed by atoms with van der Waals surface area (Å²) in [7, 11) is -4.81. The van der Waals surface area contributed by atoms with Crippen molar-refractivity contribution in [1.82, 2.24) is 20.4 Å². The van der Waals surface area contributed by atoms with Gasteiger partial charge in [-0.25, -0.2) is 9.59 Å². The van der Waals surface area contributed by atoms with Crippen LogP contribution in [0.5, 0.6) is 0 Å². The molecular weight excluding hydrogens is 456 g/mol. The quantitative estimate of drug-likeness (QED) is 0.601. The van der Waals surface area contributed by atoms with E-state index >= 15 is 0 Å². The zero-order valence-corrected chi connectivity index (χ0v) is 19.5. The van der Waals surface area contributed by atoms with Crippen LogP contribution in [-0.2, 0) is 19.4 Å². The minimum atomic E-state index is -4.81. The Morgan fingerprint density at radius 2 is 2.03 bits per heavy atom. The molecule has 4 aliphatic rings. The Balaban J connectivity index is 1.24. The van der Waals surface area contributed by atoms with E-state index < -0.39 is 34.2 Å². The van der Waals surface area contributed by atoms with Crippen molar-refractivity contribution in [2.24, 2.45) is 5.41 Å². The maximum Gasteiger partial charge on any atom is 0.418 e. The number of ether oxygens (including phenoxy) is 1. The van der Waals surface area contributed by atoms with Gasteiger partial charge in [0, 0.05) is 24.6 Å². The van der Waals surface area contributed by atoms with Crippen molar-refractivity contribution in [2.45, 2.75) is 82.5 Å². The highest BCUT2D eigenvalue weighted by Gasteiger charge is 2.64. The molecule has 0 unspecified atom stereocenters. The van der Waals surface area contributed by atoms with Crippen LogP contribution < -0.4 is 5.32 Å². The second kappa shape index (κ2) is 7.31. The first-order chi connectivity index (χ1) is 15.3. The molecule has 12 nitrogen and oxygen atoms in total. The standard InChI is InChI=1S/C20H28N4O8S/c1-19(2,3)30-17(25)21-12-6-11(7-12)15-8-13(22-31-15)14-9-20(4-5-20)16-10-23(14)18(26)24(16)32-33(27,28)29/h8,11-12,14,16H,4-7,9-10H2,1-3H3,(H,21,25)(H,27,28,29)/t11?,12?,14-,16-/m0/s1. The van der Waals surface area contributed by atoms with Crippen LogP contribution in [0.25, 0.3) is 0 Å². The molecule has 0 aromatic carbocycles. The first-order valence-electron chi connectivity index (χ1n) is 11.1. The van der Waals surface area contributed by atoms with Gasteiger partial charge < -0.3 is 19.5 Å². The number of urea groups is 1. The van der Waals surface area contributed by atoms with Crippen LogP contribution in [-0.4, -0.2) is 64.4 Å². The highest BCUT2D eigenvalue weighted by Crippen LogP contribution is 2.62. The number of piperidine rings is 1. The number of alkyl carbamates (subject to hydrolysis) is 1. The van der Waals surface area contributed by atoms with Crippen LogP contribution in [0.4, 0.5) is 9.59 Å². The molecule has 4 fully saturated rings. The molecule has 0 radical (unpaired) electrons. The number of hydroxylamine groups is 2. The number of carbonyl (C=O) groups is 2. The Kier molecular flexibility index (Phi) is 4.96. The molecule has 182 valence electrons. The summed E-state index contributed by atoms with van der Waals surface area (Å²) in [6.45, 7) is 5.73. The Morgan fingerprint density at radius 3 is 2.64 bits per heavy atom. The maximum absolute atomic E-state index is 12.9. The molecule has 3 amide bonds. The second-order valence-electron chi connectivity index (χ2n) is 10.5. The third kappa shape index (κ3) is 4.28. The molecular formula is C20H28N4O8S. The van der Waals surface area contributed by atoms with Gasteiger partial charge in [-0.2, -0.15) is 13.5 Å². The largest absolute Gasteiger partial charge is 0.444 e. The molecule has 1 aromatic heterocycles. The van der Waals surface area contributed by atoms with Crippen molar-refractivity contribution >= 4 is 22.5 Å². The van der Waals surface area contributed by atoms with E-state index in [0.717, 1.165) is 17.9 Å². The van der Waals surface area contributed by atoms with Gasteiger partial charge in [-0.3, -0.25) is 4.55 Å². The summed E-state index contributed by atoms with van der Waals surface area (Å²) >= 11 is 0. The van der Waals surface area contributed by atoms with Crippen LogP contribution in [0.3, 0.4) is 0 Å². The Hall–Kier alpha value is -2.38. The van der Waals surface area contributed by atoms with Gasteiger partial charge in [-0.05, 0) is 58.3 Å². The predicted octanol–water partition coefficient (Wildman–Crippen LogP) is 2.51. The number of nitrogens with one attached hydrogen (secondary N) is 1. The molecule has 2 aliphatic heterocycles. The van der Waals surface area contributed by atoms with E-state index in [-0.39, 0.29) is 23.4 Å². The van der Waals surface area contributed by atoms with Crippen molar-refractivity contribution in [3.05, 3.63) is 17.5 Å². The normalized spacial score (nSPS) is 30.4. The van der Waals surface area contributed by atoms with Gasteiger partial charge in [0.25, 0.3) is 0 Å². The second-order valence-corrected chi connectivity index (χ2v) is 11.5. The van der Waals surface area contributed by atoms with Crippen LogP contribution >= 0.6 is 0 Å². The van der Waals surface area contributed by atoms with E-state index in [0.29, 0.717) is 37.3 Å². The van der Waals surface area contributed by atoms with Gasteiger partial charge in [0.1, 0.15) is 17.1 Å². The first-order valence-corrected chi connectivity index (χ1v) is 12.4. The number of hydrogen-bond donors (Lipinski definition) is 2. The lowest BCUT2D eigenvalue weighted by Crippen LogP contribution is -2.45. The number of fused-ring (bicyclic) bond motifs is 3. The molecule has 2 atom stereocenters. The average Bonchev–Trinajstić information content (AvgIpc) is 3.14. The van der Waals surface area contributed by atoms with Gasteiger partial charge in [-0.1, -0.05) is 5.16 Å². The number of amides is 3. The summed E-state index contributed by atoms with van der Waals surface area (Å²) in [6, 6.07) is 0.436. The fourth-order valence-electron chi connectivity index (χ4n) is 5.18. The summed E-state index contributed by atoms with van der Waals surface area (Å²) in [4.78, 5) is 26.3. The van der Waals surface area contributed by atoms with Crippen molar-refractivity contribution in [1.29, 1.82) is 0 Å². The van der Waals surface area contributed by atoms with Gasteiger partial charge in [0.15, 0.2) is 0 Å². The molecule has 5 rings (SSSR count). The highest BCUT2D eigenvalue weighted by molar-refractivity contribution is 7.80. The lowest BCUT2D eigenvalue weighted by molar-refractivity contribution is -0.0527. The lowest BCUT2D eigenvalue weighted by Gasteiger charge is -2.35. The van der Waals surface area contributed by atoms with Crippen molar-refractivity contribution in [3.63, 3.8) is 0 Å². The summed E-state index contributed by atoms with van der Waals surface area (Å²) < 4.78 is 47.1. The van der Waals surface area contributed by atoms with Crippen LogP contribution in [0.15, 0.2) is 10.6 Å². The molecule has 13 heteroatoms. The topological polar surface area (TPSA) is 152 Å². The van der Waals surface area contributed by atoms with E-state index in [1.807, 2.05) is 26.8 Å². The summed E-state index contributed by atoms with van der Waals surface area (Å²) in [5.41, 5.74) is -0.198. The molecule has 2 N–H and O–H groups in total. The number of rotatable bonds is 5. The van der Waals surface area contributed by atoms with Gasteiger partial charge in [-0.15, -0.1) is 4.28 Å². The zero-order chi connectivity index (χ0) is 23.8. The van der Waals surface area contributed by atoms with Crippen molar-refractivity contribution < 1.29 is 36.1 Å². The smallest absolute Gasteiger partial charge is 0.418 e. The fraction of sp³-hybridized carbons (Fsp3) is 0.750. The highest BCUT2D eigenvalue weighted by atomic mass is 32.3. The Bertz CT molecular complexity index is 1070. The van der Waals surface area contributed by atoms with Crippen molar-refractivity contribution in [3.8, 4) is 0 Å². The SMILES string of the molecule is CC(C)(C)OC(=O)NC1CC(c2cc([C@@H]3CC4(CC4)[C@@H]4CN3C(=O)N4OS(=O)(=O)O)no2)C1. The van der Waals surface area contributed by atoms with Crippen LogP contribution in [0.1, 0.15) is 76.3 Å². The van der Waals surface area contributed by atoms with E-state index in [9.17, 15) is 18.0 Å². The molecule has 2 saturated carbocycles. The maximum atomic E-state index is 12.9. The minimum absolute atomic E-state index is 0.00475. The summed E-state index contributed by atoms with van der Waals surface area (Å²) in [5, 5.41) is 7.86. The van der Waals surface area contributed by atoms with Gasteiger partial charge in [0.05, 0.1) is 12.1 Å². The number of carbonyl (C=O) groups excluding carboxylic acids is 2. The zero-order valence-electron chi connectivity index (χ0n) is 18.7. The molecule has 1 spiro atoms. The summed E-state index contributed by atoms with van der Waals surface area (Å²) in [5.74, 6) is 0.794. The molecule has 1 aromatic rings. The first kappa shape index (κ1) is 22.4. The minimum Gasteiger partial charge on any atom is -0.444 e. The van der Waals surface area contributed by atoms with Crippen LogP contribution in [0.2, 0.25) is 0 Å². The number of hydrogen-bond acceptors (Lipinski definition) is 8. The van der Waals surface area contributed by atoms with Crippen molar-refractivity contribution in [2.75, 3.05) is 6.54 Å². The lowest BCUT2D eigenvalue weighted by atomic mass is 9.78. The van der Waals surface area contributed by atoms with Gasteiger partial charge >= 0.3 is 22.5 Å². The number of aromatic nitrogens is 1. The molecule has 2 saturated heterocycles. The van der Waals surface area contributed by atoms with E-state index in [4.69, 9.17) is 13.8 Å². The summed E-state index contributed by atoms with van der Waals surface area (Å²) in [6.07, 6.45) is 3.25. The fourth-order valence-corrected chi connectivity index (χ4v) is 5.55. The van der Waals surface area contributed by atoms with Crippen LogP contribution in [0, 0.1) is 5.41 Å². The Labute approximate surface area is 191 Å². The molecule has 33 heavy (non-hydrogen) atoms. The average molecular weight is 485 g/mol. The third-order valence-electron chi connectivity index (χ3n) is 6.99. The van der Waals surface area contributed by atoms with E-state index in [1.165, 1.54) is 4.90 Å². The van der Waals surface area contributed by atoms with E-state index in [1.54, 1.807) is 0 Å². The predicted molar refractivity (Wildman–Crippen MR) is 111 cm³/mol. The molecule has 3 heterocycles.